The highest BCUT2D eigenvalue weighted by Gasteiger charge is 2.31. The summed E-state index contributed by atoms with van der Waals surface area (Å²) in [6.45, 7) is 0. The summed E-state index contributed by atoms with van der Waals surface area (Å²) < 4.78 is 8.36. The molecule has 0 amide bonds. The Morgan fingerprint density at radius 3 is 0.582 bits per heavy atom. The lowest BCUT2D eigenvalue weighted by Gasteiger charge is -2.31. The monoisotopic (exact) mass is 846 g/mol. The van der Waals surface area contributed by atoms with Gasteiger partial charge in [-0.1, -0.05) is 218 Å². The van der Waals surface area contributed by atoms with Gasteiger partial charge in [0.15, 0.2) is 0 Å². The molecule has 16 rings (SSSR count). The van der Waals surface area contributed by atoms with Crippen LogP contribution in [0.5, 0.6) is 0 Å². The molecule has 0 heterocycles. The van der Waals surface area contributed by atoms with Crippen molar-refractivity contribution < 1.29 is 4.74 Å². The van der Waals surface area contributed by atoms with Crippen molar-refractivity contribution >= 4 is 129 Å². The smallest absolute Gasteiger partial charge is 0.110 e. The lowest BCUT2D eigenvalue weighted by molar-refractivity contribution is 0.0341. The predicted octanol–water partition coefficient (Wildman–Crippen LogP) is 18.2. The number of hydrogen-bond acceptors (Lipinski definition) is 1. The average molecular weight is 847 g/mol. The van der Waals surface area contributed by atoms with E-state index in [2.05, 4.69) is 218 Å². The average Bonchev–Trinajstić information content (AvgIpc) is 3.39. The number of rotatable bonds is 6. The molecule has 0 atom stereocenters. The van der Waals surface area contributed by atoms with E-state index in [1.807, 2.05) is 0 Å². The Morgan fingerprint density at radius 2 is 0.358 bits per heavy atom. The van der Waals surface area contributed by atoms with Crippen molar-refractivity contribution in [3.63, 3.8) is 0 Å². The Hall–Kier alpha value is -8.36. The summed E-state index contributed by atoms with van der Waals surface area (Å²) in [7, 11) is 0. The van der Waals surface area contributed by atoms with Crippen LogP contribution in [0.4, 0.5) is 0 Å². The second-order valence-electron chi connectivity index (χ2n) is 18.9. The van der Waals surface area contributed by atoms with Gasteiger partial charge in [-0.3, -0.25) is 0 Å². The molecule has 0 unspecified atom stereocenters. The van der Waals surface area contributed by atoms with Crippen molar-refractivity contribution in [2.45, 2.75) is 12.2 Å². The molecule has 16 aromatic rings. The molecule has 0 spiro atoms. The third-order valence-electron chi connectivity index (χ3n) is 15.7. The van der Waals surface area contributed by atoms with Gasteiger partial charge in [-0.15, -0.1) is 0 Å². The highest BCUT2D eigenvalue weighted by molar-refractivity contribution is 6.27. The Morgan fingerprint density at radius 1 is 0.179 bits per heavy atom. The zero-order valence-corrected chi connectivity index (χ0v) is 36.3. The van der Waals surface area contributed by atoms with Crippen LogP contribution in [0.1, 0.15) is 34.5 Å². The number of ether oxygens (including phenoxy) is 1. The summed E-state index contributed by atoms with van der Waals surface area (Å²) in [5.41, 5.74) is 4.67. The predicted molar refractivity (Wildman–Crippen MR) is 285 cm³/mol. The zero-order chi connectivity index (χ0) is 43.5. The first-order valence-electron chi connectivity index (χ1n) is 23.5. The first-order valence-corrected chi connectivity index (χ1v) is 23.5. The van der Waals surface area contributed by atoms with Crippen molar-refractivity contribution in [1.29, 1.82) is 0 Å². The lowest BCUT2D eigenvalue weighted by atomic mass is 9.84. The van der Waals surface area contributed by atoms with Crippen LogP contribution >= 0.6 is 0 Å². The molecule has 0 saturated heterocycles. The quantitative estimate of drug-likeness (QED) is 0.152. The minimum absolute atomic E-state index is 0.462. The Balaban J connectivity index is 1.04. The molecular formula is C66H38O. The van der Waals surface area contributed by atoms with Crippen LogP contribution in [0.25, 0.3) is 129 Å². The van der Waals surface area contributed by atoms with Crippen molar-refractivity contribution in [3.05, 3.63) is 241 Å². The molecule has 1 nitrogen and oxygen atoms in total. The molecule has 0 radical (unpaired) electrons. The summed E-state index contributed by atoms with van der Waals surface area (Å²) in [6.07, 6.45) is -0.924. The van der Waals surface area contributed by atoms with Crippen LogP contribution < -0.4 is 0 Å². The molecule has 0 fully saturated rings. The standard InChI is InChI=1S/C66H38O/c1-5-37-13-17-45-25-33-53(49-29-21-41(9-1)57(37)61(45)49)65(54-34-26-46-18-14-38-6-2-10-42-22-30-50(54)62(46)58(38)42)67-66(55-35-27-47-19-15-39-7-3-11-43-23-31-51(55)63(47)59(39)43)56-36-28-48-20-16-40-8-4-12-44-24-32-52(56)64(48)60(40)44/h1-36,65-66H. The Kier molecular flexibility index (Phi) is 7.04. The fourth-order valence-electron chi connectivity index (χ4n) is 12.7. The maximum Gasteiger partial charge on any atom is 0.110 e. The van der Waals surface area contributed by atoms with Gasteiger partial charge >= 0.3 is 0 Å². The Bertz CT molecular complexity index is 4020. The summed E-state index contributed by atoms with van der Waals surface area (Å²) in [5, 5.41) is 30.3. The third-order valence-corrected chi connectivity index (χ3v) is 15.7. The van der Waals surface area contributed by atoms with Crippen molar-refractivity contribution in [3.8, 4) is 0 Å². The minimum Gasteiger partial charge on any atom is -0.356 e. The van der Waals surface area contributed by atoms with Crippen LogP contribution in [0, 0.1) is 0 Å². The second kappa shape index (κ2) is 13.1. The largest absolute Gasteiger partial charge is 0.356 e. The molecule has 0 N–H and O–H groups in total. The Labute approximate surface area is 385 Å². The number of benzene rings is 16. The van der Waals surface area contributed by atoms with Gasteiger partial charge in [0.1, 0.15) is 12.2 Å². The van der Waals surface area contributed by atoms with Crippen molar-refractivity contribution in [2.24, 2.45) is 0 Å². The van der Waals surface area contributed by atoms with E-state index < -0.39 is 12.2 Å². The van der Waals surface area contributed by atoms with Gasteiger partial charge in [0.2, 0.25) is 0 Å². The third kappa shape index (κ3) is 4.86. The van der Waals surface area contributed by atoms with Crippen LogP contribution in [0.2, 0.25) is 0 Å². The van der Waals surface area contributed by atoms with Gasteiger partial charge < -0.3 is 4.74 Å². The minimum atomic E-state index is -0.462. The molecule has 0 saturated carbocycles. The van der Waals surface area contributed by atoms with Crippen LogP contribution in [-0.2, 0) is 4.74 Å². The van der Waals surface area contributed by atoms with Gasteiger partial charge in [-0.25, -0.2) is 0 Å². The molecule has 0 aliphatic rings. The summed E-state index contributed by atoms with van der Waals surface area (Å²) in [5.74, 6) is 0. The summed E-state index contributed by atoms with van der Waals surface area (Å²) in [6, 6.07) is 82.4. The topological polar surface area (TPSA) is 9.23 Å². The molecule has 1 heteroatoms. The molecule has 0 bridgehead atoms. The van der Waals surface area contributed by atoms with Gasteiger partial charge in [-0.05, 0) is 152 Å². The van der Waals surface area contributed by atoms with Crippen LogP contribution in [0.15, 0.2) is 218 Å². The van der Waals surface area contributed by atoms with E-state index in [0.717, 1.165) is 0 Å². The van der Waals surface area contributed by atoms with E-state index in [1.54, 1.807) is 0 Å². The SMILES string of the molecule is c1cc2ccc3ccc(C(OC(c4ccc5ccc6cccc7ccc4c5c67)c4ccc5ccc6cccc7ccc4c5c67)c4ccc5ccc6cccc7ccc4c5c67)c4ccc(c1)c2c34. The highest BCUT2D eigenvalue weighted by Crippen LogP contribution is 2.50. The van der Waals surface area contributed by atoms with E-state index in [-0.39, 0.29) is 0 Å². The maximum atomic E-state index is 8.36. The van der Waals surface area contributed by atoms with E-state index in [1.165, 1.54) is 152 Å². The zero-order valence-electron chi connectivity index (χ0n) is 36.3. The highest BCUT2D eigenvalue weighted by atomic mass is 16.5. The first-order chi connectivity index (χ1) is 33.2. The van der Waals surface area contributed by atoms with Gasteiger partial charge in [0, 0.05) is 0 Å². The molecule has 0 aliphatic heterocycles. The second-order valence-corrected chi connectivity index (χ2v) is 18.9. The maximum absolute atomic E-state index is 8.36. The molecule has 67 heavy (non-hydrogen) atoms. The van der Waals surface area contributed by atoms with Gasteiger partial charge in [-0.2, -0.15) is 0 Å². The number of hydrogen-bond donors (Lipinski definition) is 0. The molecule has 308 valence electrons. The van der Waals surface area contributed by atoms with Crippen LogP contribution in [0.3, 0.4) is 0 Å². The van der Waals surface area contributed by atoms with Crippen LogP contribution in [-0.4, -0.2) is 0 Å². The summed E-state index contributed by atoms with van der Waals surface area (Å²) in [4.78, 5) is 0. The first kappa shape index (κ1) is 35.9. The fraction of sp³-hybridized carbons (Fsp3) is 0.0303. The van der Waals surface area contributed by atoms with Crippen molar-refractivity contribution in [2.75, 3.05) is 0 Å². The van der Waals surface area contributed by atoms with E-state index in [0.29, 0.717) is 0 Å². The molecule has 0 aliphatic carbocycles. The molecule has 16 aromatic carbocycles. The molecular weight excluding hydrogens is 809 g/mol. The van der Waals surface area contributed by atoms with E-state index in [4.69, 9.17) is 4.74 Å². The van der Waals surface area contributed by atoms with E-state index in [9.17, 15) is 0 Å². The summed E-state index contributed by atoms with van der Waals surface area (Å²) >= 11 is 0. The lowest BCUT2D eigenvalue weighted by Crippen LogP contribution is -2.15. The molecule has 0 aromatic heterocycles. The van der Waals surface area contributed by atoms with Gasteiger partial charge in [0.05, 0.1) is 0 Å². The fourth-order valence-corrected chi connectivity index (χ4v) is 12.7. The van der Waals surface area contributed by atoms with E-state index >= 15 is 0 Å². The van der Waals surface area contributed by atoms with Crippen molar-refractivity contribution in [1.82, 2.24) is 0 Å². The van der Waals surface area contributed by atoms with Gasteiger partial charge in [0.25, 0.3) is 0 Å². The normalized spacial score (nSPS) is 12.8.